The summed E-state index contributed by atoms with van der Waals surface area (Å²) in [4.78, 5) is 13.4. The van der Waals surface area contributed by atoms with Gasteiger partial charge in [0.2, 0.25) is 0 Å². The van der Waals surface area contributed by atoms with Crippen LogP contribution in [0, 0.1) is 40.4 Å². The highest BCUT2D eigenvalue weighted by Crippen LogP contribution is 2.64. The summed E-state index contributed by atoms with van der Waals surface area (Å²) in [5.74, 6) is 3.19. The monoisotopic (exact) mass is 410 g/mol. The Hall–Kier alpha value is -1.15. The summed E-state index contributed by atoms with van der Waals surface area (Å²) in [7, 11) is 0. The maximum absolute atomic E-state index is 13.4. The number of carbonyl (C=O) groups excluding carboxylic acids is 1. The molecule has 0 aliphatic heterocycles. The van der Waals surface area contributed by atoms with Crippen LogP contribution in [0.25, 0.3) is 0 Å². The van der Waals surface area contributed by atoms with Crippen LogP contribution in [0.3, 0.4) is 0 Å². The lowest BCUT2D eigenvalue weighted by Crippen LogP contribution is -2.44. The van der Waals surface area contributed by atoms with Crippen LogP contribution in [-0.4, -0.2) is 17.0 Å². The van der Waals surface area contributed by atoms with E-state index in [9.17, 15) is 9.90 Å². The first-order chi connectivity index (χ1) is 14.1. The summed E-state index contributed by atoms with van der Waals surface area (Å²) < 4.78 is 0. The van der Waals surface area contributed by atoms with E-state index in [1.54, 1.807) is 0 Å². The molecular formula is C28H42O2. The van der Waals surface area contributed by atoms with Crippen molar-refractivity contribution in [3.05, 3.63) is 34.9 Å². The van der Waals surface area contributed by atoms with Gasteiger partial charge >= 0.3 is 0 Å². The van der Waals surface area contributed by atoms with E-state index in [0.29, 0.717) is 36.0 Å². The molecule has 0 spiro atoms. The molecule has 4 rings (SSSR count). The first-order valence-corrected chi connectivity index (χ1v) is 12.4. The van der Waals surface area contributed by atoms with Gasteiger partial charge in [-0.05, 0) is 86.0 Å². The second-order valence-corrected chi connectivity index (χ2v) is 11.7. The molecule has 166 valence electrons. The molecular weight excluding hydrogens is 368 g/mol. The molecule has 2 saturated carbocycles. The minimum Gasteiger partial charge on any atom is -0.393 e. The van der Waals surface area contributed by atoms with Gasteiger partial charge in [0, 0.05) is 11.0 Å². The van der Waals surface area contributed by atoms with Crippen LogP contribution in [0.15, 0.2) is 34.9 Å². The van der Waals surface area contributed by atoms with Crippen molar-refractivity contribution in [2.45, 2.75) is 92.6 Å². The number of carbonyl (C=O) groups is 1. The maximum atomic E-state index is 13.4. The van der Waals surface area contributed by atoms with Gasteiger partial charge in [-0.1, -0.05) is 64.8 Å². The summed E-state index contributed by atoms with van der Waals surface area (Å²) in [5.41, 5.74) is 4.06. The van der Waals surface area contributed by atoms with Gasteiger partial charge in [-0.2, -0.15) is 0 Å². The van der Waals surface area contributed by atoms with Crippen molar-refractivity contribution >= 4 is 5.78 Å². The Morgan fingerprint density at radius 2 is 1.80 bits per heavy atom. The average Bonchev–Trinajstić information content (AvgIpc) is 3.04. The fourth-order valence-corrected chi connectivity index (χ4v) is 7.30. The van der Waals surface area contributed by atoms with Crippen molar-refractivity contribution in [3.63, 3.8) is 0 Å². The smallest absolute Gasteiger partial charge is 0.182 e. The van der Waals surface area contributed by atoms with Crippen LogP contribution in [0.1, 0.15) is 86.5 Å². The van der Waals surface area contributed by atoms with Crippen LogP contribution in [0.5, 0.6) is 0 Å². The number of allylic oxidation sites excluding steroid dienone is 5. The van der Waals surface area contributed by atoms with Gasteiger partial charge in [0.15, 0.2) is 5.78 Å². The zero-order chi connectivity index (χ0) is 21.8. The van der Waals surface area contributed by atoms with Gasteiger partial charge in [-0.3, -0.25) is 4.79 Å². The van der Waals surface area contributed by atoms with Gasteiger partial charge in [-0.25, -0.2) is 0 Å². The highest BCUT2D eigenvalue weighted by molar-refractivity contribution is 6.07. The molecule has 1 N–H and O–H groups in total. The molecule has 7 atom stereocenters. The van der Waals surface area contributed by atoms with Crippen LogP contribution in [0.2, 0.25) is 0 Å². The van der Waals surface area contributed by atoms with E-state index in [-0.39, 0.29) is 22.7 Å². The number of ketones is 1. The second kappa shape index (κ2) is 7.76. The predicted octanol–water partition coefficient (Wildman–Crippen LogP) is 6.65. The van der Waals surface area contributed by atoms with Crippen molar-refractivity contribution in [2.24, 2.45) is 40.4 Å². The molecule has 30 heavy (non-hydrogen) atoms. The Balaban J connectivity index is 1.62. The number of fused-ring (bicyclic) bond motifs is 4. The SMILES string of the molecule is CC(C)C(C)/C=C/[C@@H](C)[C@H]1CC[C@H]2C3=C(CC[C@]12C)[C@@]1(C)CC[C@H](O)CC1=CC3=O. The molecule has 4 aliphatic rings. The van der Waals surface area contributed by atoms with Gasteiger partial charge in [0.25, 0.3) is 0 Å². The molecule has 0 aromatic rings. The topological polar surface area (TPSA) is 37.3 Å². The van der Waals surface area contributed by atoms with Gasteiger partial charge in [0.1, 0.15) is 0 Å². The summed E-state index contributed by atoms with van der Waals surface area (Å²) >= 11 is 0. The summed E-state index contributed by atoms with van der Waals surface area (Å²) in [6.45, 7) is 14.1. The Kier molecular flexibility index (Phi) is 5.71. The summed E-state index contributed by atoms with van der Waals surface area (Å²) in [6, 6.07) is 0. The first kappa shape index (κ1) is 22.1. The molecule has 2 heteroatoms. The molecule has 1 unspecified atom stereocenters. The molecule has 2 fully saturated rings. The zero-order valence-electron chi connectivity index (χ0n) is 20.0. The van der Waals surface area contributed by atoms with Crippen LogP contribution < -0.4 is 0 Å². The van der Waals surface area contributed by atoms with E-state index in [1.807, 2.05) is 6.08 Å². The van der Waals surface area contributed by atoms with E-state index in [2.05, 4.69) is 53.7 Å². The van der Waals surface area contributed by atoms with Crippen molar-refractivity contribution in [1.29, 1.82) is 0 Å². The molecule has 0 heterocycles. The Morgan fingerprint density at radius 1 is 1.07 bits per heavy atom. The van der Waals surface area contributed by atoms with Crippen molar-refractivity contribution in [3.8, 4) is 0 Å². The molecule has 0 amide bonds. The molecule has 0 aromatic carbocycles. The second-order valence-electron chi connectivity index (χ2n) is 11.7. The molecule has 0 saturated heterocycles. The highest BCUT2D eigenvalue weighted by atomic mass is 16.3. The van der Waals surface area contributed by atoms with E-state index in [4.69, 9.17) is 0 Å². The largest absolute Gasteiger partial charge is 0.393 e. The van der Waals surface area contributed by atoms with Crippen molar-refractivity contribution < 1.29 is 9.90 Å². The standard InChI is InChI=1S/C28H42O2/c1-17(2)18(3)7-8-19(4)22-9-10-23-26-24(12-14-28(22,23)6)27(5)13-11-21(29)15-20(27)16-25(26)30/h7-8,16-19,21-23,29H,9-15H2,1-6H3/b8-7+/t18?,19-,21+,22-,23+,27+,28-/m1/s1. The van der Waals surface area contributed by atoms with E-state index >= 15 is 0 Å². The van der Waals surface area contributed by atoms with Crippen LogP contribution >= 0.6 is 0 Å². The lowest BCUT2D eigenvalue weighted by atomic mass is 9.53. The number of hydrogen-bond acceptors (Lipinski definition) is 2. The average molecular weight is 411 g/mol. The van der Waals surface area contributed by atoms with Crippen LogP contribution in [0.4, 0.5) is 0 Å². The number of rotatable bonds is 4. The maximum Gasteiger partial charge on any atom is 0.182 e. The lowest BCUT2D eigenvalue weighted by molar-refractivity contribution is -0.113. The lowest BCUT2D eigenvalue weighted by Gasteiger charge is -2.51. The molecule has 0 aromatic heterocycles. The predicted molar refractivity (Wildman–Crippen MR) is 124 cm³/mol. The number of aliphatic hydroxyl groups excluding tert-OH is 1. The molecule has 0 radical (unpaired) electrons. The quantitative estimate of drug-likeness (QED) is 0.527. The fourth-order valence-electron chi connectivity index (χ4n) is 7.30. The normalized spacial score (nSPS) is 40.9. The molecule has 0 bridgehead atoms. The van der Waals surface area contributed by atoms with Gasteiger partial charge in [-0.15, -0.1) is 0 Å². The van der Waals surface area contributed by atoms with Crippen molar-refractivity contribution in [2.75, 3.05) is 0 Å². The minimum atomic E-state index is -0.273. The Labute approximate surface area is 183 Å². The van der Waals surface area contributed by atoms with Crippen LogP contribution in [-0.2, 0) is 4.79 Å². The third kappa shape index (κ3) is 3.38. The third-order valence-corrected chi connectivity index (χ3v) is 9.78. The zero-order valence-corrected chi connectivity index (χ0v) is 20.0. The molecule has 4 aliphatic carbocycles. The van der Waals surface area contributed by atoms with Gasteiger partial charge in [0.05, 0.1) is 6.10 Å². The highest BCUT2D eigenvalue weighted by Gasteiger charge is 2.56. The van der Waals surface area contributed by atoms with Crippen molar-refractivity contribution in [1.82, 2.24) is 0 Å². The van der Waals surface area contributed by atoms with E-state index in [1.165, 1.54) is 29.6 Å². The number of aliphatic hydroxyl groups is 1. The first-order valence-electron chi connectivity index (χ1n) is 12.4. The Morgan fingerprint density at radius 3 is 2.50 bits per heavy atom. The van der Waals surface area contributed by atoms with Gasteiger partial charge < -0.3 is 5.11 Å². The summed E-state index contributed by atoms with van der Waals surface area (Å²) in [5, 5.41) is 10.2. The third-order valence-electron chi connectivity index (χ3n) is 9.78. The summed E-state index contributed by atoms with van der Waals surface area (Å²) in [6.07, 6.45) is 13.7. The Bertz CT molecular complexity index is 799. The minimum absolute atomic E-state index is 0.0140. The molecule has 2 nitrogen and oxygen atoms in total. The number of hydrogen-bond donors (Lipinski definition) is 1. The van der Waals surface area contributed by atoms with E-state index < -0.39 is 0 Å². The van der Waals surface area contributed by atoms with E-state index in [0.717, 1.165) is 25.7 Å². The fraction of sp³-hybridized carbons (Fsp3) is 0.750.